The number of nitrogens with one attached hydrogen (secondary N) is 2. The number of halogens is 1. The van der Waals surface area contributed by atoms with E-state index in [0.717, 1.165) is 31.6 Å². The molecule has 1 aliphatic heterocycles. The Morgan fingerprint density at radius 1 is 1.41 bits per heavy atom. The van der Waals surface area contributed by atoms with Crippen LogP contribution in [0, 0.1) is 5.82 Å². The normalized spacial score (nSPS) is 17.6. The molecule has 1 aromatic heterocycles. The summed E-state index contributed by atoms with van der Waals surface area (Å²) in [5.41, 5.74) is 6.07. The van der Waals surface area contributed by atoms with Crippen LogP contribution in [0.2, 0.25) is 0 Å². The van der Waals surface area contributed by atoms with E-state index in [1.807, 2.05) is 6.07 Å². The maximum absolute atomic E-state index is 13.5. The highest BCUT2D eigenvalue weighted by molar-refractivity contribution is 5.89. The van der Waals surface area contributed by atoms with E-state index in [1.54, 1.807) is 31.3 Å². The Morgan fingerprint density at radius 2 is 2.26 bits per heavy atom. The molecular weight excluding hydrogens is 349 g/mol. The van der Waals surface area contributed by atoms with Gasteiger partial charge in [0.2, 0.25) is 0 Å². The molecule has 1 atom stereocenters. The Bertz CT molecular complexity index is 820. The molecule has 0 radical (unpaired) electrons. The van der Waals surface area contributed by atoms with Crippen LogP contribution in [0.1, 0.15) is 29.2 Å². The molecule has 8 heteroatoms. The van der Waals surface area contributed by atoms with Crippen LogP contribution < -0.4 is 21.3 Å². The molecule has 1 fully saturated rings. The van der Waals surface area contributed by atoms with Gasteiger partial charge in [-0.1, -0.05) is 6.07 Å². The van der Waals surface area contributed by atoms with E-state index in [2.05, 4.69) is 20.5 Å². The number of piperidine rings is 1. The van der Waals surface area contributed by atoms with Crippen molar-refractivity contribution in [3.63, 3.8) is 0 Å². The first-order valence-electron chi connectivity index (χ1n) is 8.91. The van der Waals surface area contributed by atoms with Gasteiger partial charge in [-0.2, -0.15) is 0 Å². The minimum atomic E-state index is -0.594. The molecule has 144 valence electrons. The molecular formula is C19H24FN5O2. The fourth-order valence-corrected chi connectivity index (χ4v) is 3.17. The fraction of sp³-hybridized carbons (Fsp3) is 0.368. The number of hydrogen-bond donors (Lipinski definition) is 3. The number of benzene rings is 1. The van der Waals surface area contributed by atoms with E-state index in [9.17, 15) is 9.18 Å². The number of anilines is 1. The summed E-state index contributed by atoms with van der Waals surface area (Å²) in [6, 6.07) is 10.1. The largest absolute Gasteiger partial charge is 0.454 e. The van der Waals surface area contributed by atoms with Crippen molar-refractivity contribution in [3.8, 4) is 0 Å². The summed E-state index contributed by atoms with van der Waals surface area (Å²) < 4.78 is 18.8. The SMILES string of the molecule is CN=C(NCc1ccc(C(N)=O)o1)NC1CCCN(c2cccc(F)c2)C1. The molecule has 0 bridgehead atoms. The van der Waals surface area contributed by atoms with Crippen LogP contribution in [0.3, 0.4) is 0 Å². The molecule has 0 aliphatic carbocycles. The summed E-state index contributed by atoms with van der Waals surface area (Å²) in [5, 5.41) is 6.55. The maximum atomic E-state index is 13.5. The molecule has 2 aromatic rings. The Labute approximate surface area is 157 Å². The molecule has 1 amide bonds. The molecule has 7 nitrogen and oxygen atoms in total. The van der Waals surface area contributed by atoms with Gasteiger partial charge < -0.3 is 25.7 Å². The van der Waals surface area contributed by atoms with Crippen LogP contribution in [0.25, 0.3) is 0 Å². The fourth-order valence-electron chi connectivity index (χ4n) is 3.17. The van der Waals surface area contributed by atoms with E-state index in [0.29, 0.717) is 18.3 Å². The maximum Gasteiger partial charge on any atom is 0.284 e. The average Bonchev–Trinajstić information content (AvgIpc) is 3.15. The third-order valence-electron chi connectivity index (χ3n) is 4.49. The second-order valence-electron chi connectivity index (χ2n) is 6.47. The zero-order valence-corrected chi connectivity index (χ0v) is 15.2. The van der Waals surface area contributed by atoms with Crippen molar-refractivity contribution in [2.45, 2.75) is 25.4 Å². The van der Waals surface area contributed by atoms with Gasteiger partial charge >= 0.3 is 0 Å². The number of carbonyl (C=O) groups is 1. The predicted octanol–water partition coefficient (Wildman–Crippen LogP) is 1.85. The van der Waals surface area contributed by atoms with E-state index in [-0.39, 0.29) is 17.6 Å². The predicted molar refractivity (Wildman–Crippen MR) is 102 cm³/mol. The summed E-state index contributed by atoms with van der Waals surface area (Å²) in [6.45, 7) is 2.04. The van der Waals surface area contributed by atoms with Crippen molar-refractivity contribution in [3.05, 3.63) is 53.7 Å². The van der Waals surface area contributed by atoms with Crippen LogP contribution in [0.4, 0.5) is 10.1 Å². The molecule has 2 heterocycles. The van der Waals surface area contributed by atoms with Crippen LogP contribution in [0.15, 0.2) is 45.8 Å². The molecule has 0 saturated carbocycles. The highest BCUT2D eigenvalue weighted by Crippen LogP contribution is 2.20. The van der Waals surface area contributed by atoms with E-state index in [4.69, 9.17) is 10.2 Å². The van der Waals surface area contributed by atoms with Gasteiger partial charge in [0, 0.05) is 31.9 Å². The number of hydrogen-bond acceptors (Lipinski definition) is 4. The molecule has 0 spiro atoms. The molecule has 1 aromatic carbocycles. The number of rotatable bonds is 5. The van der Waals surface area contributed by atoms with Crippen LogP contribution in [0.5, 0.6) is 0 Å². The monoisotopic (exact) mass is 373 g/mol. The smallest absolute Gasteiger partial charge is 0.284 e. The van der Waals surface area contributed by atoms with E-state index in [1.165, 1.54) is 6.07 Å². The Hall–Kier alpha value is -3.03. The van der Waals surface area contributed by atoms with Gasteiger partial charge in [0.15, 0.2) is 11.7 Å². The minimum absolute atomic E-state index is 0.132. The second kappa shape index (κ2) is 8.57. The number of guanidine groups is 1. The van der Waals surface area contributed by atoms with Crippen LogP contribution >= 0.6 is 0 Å². The Morgan fingerprint density at radius 3 is 2.96 bits per heavy atom. The lowest BCUT2D eigenvalue weighted by Gasteiger charge is -2.35. The van der Waals surface area contributed by atoms with Crippen LogP contribution in [-0.2, 0) is 6.54 Å². The van der Waals surface area contributed by atoms with Gasteiger partial charge in [-0.05, 0) is 43.2 Å². The highest BCUT2D eigenvalue weighted by Gasteiger charge is 2.21. The van der Waals surface area contributed by atoms with E-state index < -0.39 is 5.91 Å². The van der Waals surface area contributed by atoms with Crippen LogP contribution in [-0.4, -0.2) is 38.0 Å². The summed E-state index contributed by atoms with van der Waals surface area (Å²) >= 11 is 0. The first-order chi connectivity index (χ1) is 13.0. The zero-order chi connectivity index (χ0) is 19.2. The third-order valence-corrected chi connectivity index (χ3v) is 4.49. The zero-order valence-electron chi connectivity index (χ0n) is 15.2. The topological polar surface area (TPSA) is 95.9 Å². The quantitative estimate of drug-likeness (QED) is 0.549. The third kappa shape index (κ3) is 4.99. The number of furan rings is 1. The van der Waals surface area contributed by atoms with Crippen molar-refractivity contribution < 1.29 is 13.6 Å². The van der Waals surface area contributed by atoms with Gasteiger partial charge in [-0.15, -0.1) is 0 Å². The van der Waals surface area contributed by atoms with Gasteiger partial charge in [0.25, 0.3) is 5.91 Å². The Balaban J connectivity index is 1.55. The second-order valence-corrected chi connectivity index (χ2v) is 6.47. The lowest BCUT2D eigenvalue weighted by atomic mass is 10.0. The number of amides is 1. The standard InChI is InChI=1S/C19H24FN5O2/c1-22-19(23-11-16-7-8-17(27-16)18(21)26)24-14-5-3-9-25(12-14)15-6-2-4-13(20)10-15/h2,4,6-8,10,14H,3,5,9,11-12H2,1H3,(H2,21,26)(H2,22,23,24). The van der Waals surface area contributed by atoms with Crippen molar-refractivity contribution >= 4 is 17.6 Å². The number of aliphatic imine (C=N–C) groups is 1. The van der Waals surface area contributed by atoms with Gasteiger partial charge in [0.05, 0.1) is 6.54 Å². The molecule has 1 aliphatic rings. The molecule has 3 rings (SSSR count). The number of carbonyl (C=O) groups excluding carboxylic acids is 1. The van der Waals surface area contributed by atoms with Crippen molar-refractivity contribution in [2.24, 2.45) is 10.7 Å². The minimum Gasteiger partial charge on any atom is -0.454 e. The molecule has 27 heavy (non-hydrogen) atoms. The summed E-state index contributed by atoms with van der Waals surface area (Å²) in [5.74, 6) is 0.542. The first kappa shape index (κ1) is 18.8. The molecule has 4 N–H and O–H groups in total. The molecule has 1 unspecified atom stereocenters. The van der Waals surface area contributed by atoms with Crippen molar-refractivity contribution in [1.82, 2.24) is 10.6 Å². The average molecular weight is 373 g/mol. The van der Waals surface area contributed by atoms with Crippen molar-refractivity contribution in [1.29, 1.82) is 0 Å². The summed E-state index contributed by atoms with van der Waals surface area (Å²) in [6.07, 6.45) is 2.00. The Kier molecular flexibility index (Phi) is 5.95. The highest BCUT2D eigenvalue weighted by atomic mass is 19.1. The van der Waals surface area contributed by atoms with Crippen molar-refractivity contribution in [2.75, 3.05) is 25.0 Å². The first-order valence-corrected chi connectivity index (χ1v) is 8.91. The van der Waals surface area contributed by atoms with E-state index >= 15 is 0 Å². The number of nitrogens with two attached hydrogens (primary N) is 1. The lowest BCUT2D eigenvalue weighted by Crippen LogP contribution is -2.51. The lowest BCUT2D eigenvalue weighted by molar-refractivity contribution is 0.0972. The van der Waals surface area contributed by atoms with Gasteiger partial charge in [-0.25, -0.2) is 4.39 Å². The molecule has 1 saturated heterocycles. The number of primary amides is 1. The van der Waals surface area contributed by atoms with Gasteiger partial charge in [0.1, 0.15) is 11.6 Å². The van der Waals surface area contributed by atoms with Gasteiger partial charge in [-0.3, -0.25) is 9.79 Å². The summed E-state index contributed by atoms with van der Waals surface area (Å²) in [4.78, 5) is 17.5. The summed E-state index contributed by atoms with van der Waals surface area (Å²) in [7, 11) is 1.69. The number of nitrogens with zero attached hydrogens (tertiary/aromatic N) is 2.